The van der Waals surface area contributed by atoms with Crippen LogP contribution in [0.4, 0.5) is 17.1 Å². The SMILES string of the molecule is O=C(Nc1ccc(C(=O)N2CC[C@@H]3C[C@@H](O)CN3c3ccccc32)cc1)c1ccccc1-c1ccccc1. The first-order valence-electron chi connectivity index (χ1n) is 13.0. The van der Waals surface area contributed by atoms with Gasteiger partial charge in [-0.3, -0.25) is 9.59 Å². The lowest BCUT2D eigenvalue weighted by molar-refractivity contribution is 0.0985. The third-order valence-corrected chi connectivity index (χ3v) is 7.45. The van der Waals surface area contributed by atoms with Crippen molar-refractivity contribution in [3.8, 4) is 11.1 Å². The van der Waals surface area contributed by atoms with Crippen LogP contribution in [0.3, 0.4) is 0 Å². The van der Waals surface area contributed by atoms with Crippen LogP contribution in [0, 0.1) is 0 Å². The molecule has 4 aromatic rings. The van der Waals surface area contributed by atoms with Crippen LogP contribution in [0.2, 0.25) is 0 Å². The minimum absolute atomic E-state index is 0.0773. The number of hydrogen-bond acceptors (Lipinski definition) is 4. The molecule has 6 rings (SSSR count). The fourth-order valence-corrected chi connectivity index (χ4v) is 5.61. The van der Waals surface area contributed by atoms with Crippen LogP contribution < -0.4 is 15.1 Å². The van der Waals surface area contributed by atoms with E-state index < -0.39 is 0 Å². The van der Waals surface area contributed by atoms with Crippen molar-refractivity contribution in [1.82, 2.24) is 0 Å². The van der Waals surface area contributed by atoms with E-state index >= 15 is 0 Å². The van der Waals surface area contributed by atoms with Crippen LogP contribution >= 0.6 is 0 Å². The van der Waals surface area contributed by atoms with Gasteiger partial charge in [0.1, 0.15) is 0 Å². The van der Waals surface area contributed by atoms with Gasteiger partial charge in [0, 0.05) is 35.9 Å². The number of benzene rings is 4. The number of anilines is 3. The number of nitrogens with zero attached hydrogens (tertiary/aromatic N) is 2. The third-order valence-electron chi connectivity index (χ3n) is 7.45. The van der Waals surface area contributed by atoms with Crippen molar-refractivity contribution >= 4 is 28.9 Å². The Balaban J connectivity index is 1.21. The Morgan fingerprint density at radius 2 is 1.47 bits per heavy atom. The maximum absolute atomic E-state index is 13.6. The number of carbonyl (C=O) groups excluding carboxylic acids is 2. The Morgan fingerprint density at radius 1 is 0.789 bits per heavy atom. The van der Waals surface area contributed by atoms with Crippen LogP contribution in [0.1, 0.15) is 33.6 Å². The molecule has 0 aromatic heterocycles. The van der Waals surface area contributed by atoms with Crippen molar-refractivity contribution in [3.05, 3.63) is 114 Å². The van der Waals surface area contributed by atoms with Crippen LogP contribution in [-0.4, -0.2) is 42.2 Å². The second-order valence-corrected chi connectivity index (χ2v) is 9.87. The molecule has 6 nitrogen and oxygen atoms in total. The first-order valence-corrected chi connectivity index (χ1v) is 13.0. The normalized spacial score (nSPS) is 18.3. The van der Waals surface area contributed by atoms with E-state index in [-0.39, 0.29) is 24.0 Å². The van der Waals surface area contributed by atoms with Crippen molar-refractivity contribution in [2.75, 3.05) is 28.2 Å². The van der Waals surface area contributed by atoms with E-state index in [1.807, 2.05) is 83.8 Å². The molecule has 0 aliphatic carbocycles. The Hall–Kier alpha value is -4.42. The highest BCUT2D eigenvalue weighted by atomic mass is 16.3. The van der Waals surface area contributed by atoms with Crippen molar-refractivity contribution in [3.63, 3.8) is 0 Å². The molecule has 0 radical (unpaired) electrons. The molecule has 2 amide bonds. The molecule has 0 spiro atoms. The zero-order valence-electron chi connectivity index (χ0n) is 21.0. The van der Waals surface area contributed by atoms with E-state index in [9.17, 15) is 14.7 Å². The molecule has 6 heteroatoms. The Kier molecular flexibility index (Phi) is 6.40. The van der Waals surface area contributed by atoms with E-state index in [4.69, 9.17) is 0 Å². The topological polar surface area (TPSA) is 72.9 Å². The van der Waals surface area contributed by atoms with Gasteiger partial charge in [0.2, 0.25) is 0 Å². The molecule has 2 aliphatic heterocycles. The lowest BCUT2D eigenvalue weighted by atomic mass is 9.99. The summed E-state index contributed by atoms with van der Waals surface area (Å²) in [7, 11) is 0. The third kappa shape index (κ3) is 4.55. The monoisotopic (exact) mass is 503 g/mol. The number of nitrogens with one attached hydrogen (secondary N) is 1. The van der Waals surface area contributed by atoms with Gasteiger partial charge >= 0.3 is 0 Å². The smallest absolute Gasteiger partial charge is 0.258 e. The predicted octanol–water partition coefficient (Wildman–Crippen LogP) is 5.60. The Labute approximate surface area is 222 Å². The van der Waals surface area contributed by atoms with Crippen molar-refractivity contribution in [2.24, 2.45) is 0 Å². The minimum Gasteiger partial charge on any atom is -0.391 e. The highest BCUT2D eigenvalue weighted by Gasteiger charge is 2.36. The summed E-state index contributed by atoms with van der Waals surface area (Å²) in [5, 5.41) is 13.2. The highest BCUT2D eigenvalue weighted by molar-refractivity contribution is 6.10. The molecule has 190 valence electrons. The van der Waals surface area contributed by atoms with Crippen molar-refractivity contribution < 1.29 is 14.7 Å². The van der Waals surface area contributed by atoms with E-state index in [1.54, 1.807) is 24.3 Å². The second kappa shape index (κ2) is 10.1. The van der Waals surface area contributed by atoms with Crippen molar-refractivity contribution in [2.45, 2.75) is 25.0 Å². The molecular weight excluding hydrogens is 474 g/mol. The lowest BCUT2D eigenvalue weighted by Crippen LogP contribution is -2.32. The van der Waals surface area contributed by atoms with Gasteiger partial charge in [0.05, 0.1) is 17.5 Å². The van der Waals surface area contributed by atoms with E-state index in [1.165, 1.54) is 0 Å². The zero-order chi connectivity index (χ0) is 26.1. The van der Waals surface area contributed by atoms with Crippen LogP contribution in [0.25, 0.3) is 11.1 Å². The lowest BCUT2D eigenvalue weighted by Gasteiger charge is -2.26. The molecule has 0 bridgehead atoms. The molecule has 2 N–H and O–H groups in total. The predicted molar refractivity (Wildman–Crippen MR) is 151 cm³/mol. The van der Waals surface area contributed by atoms with E-state index in [0.29, 0.717) is 29.9 Å². The first-order chi connectivity index (χ1) is 18.6. The summed E-state index contributed by atoms with van der Waals surface area (Å²) in [5.74, 6) is -0.278. The first kappa shape index (κ1) is 23.9. The van der Waals surface area contributed by atoms with Gasteiger partial charge in [-0.1, -0.05) is 60.7 Å². The zero-order valence-corrected chi connectivity index (χ0v) is 21.0. The molecular formula is C32H29N3O3. The number of aliphatic hydroxyl groups is 1. The summed E-state index contributed by atoms with van der Waals surface area (Å²) < 4.78 is 0. The minimum atomic E-state index is -0.335. The van der Waals surface area contributed by atoms with Gasteiger partial charge in [0.25, 0.3) is 11.8 Å². The Morgan fingerprint density at radius 3 is 2.26 bits per heavy atom. The standard InChI is InChI=1S/C32H29N3O3/c36-26-20-25-18-19-34(29-12-6-7-13-30(29)35(25)21-26)32(38)23-14-16-24(17-15-23)33-31(37)28-11-5-4-10-27(28)22-8-2-1-3-9-22/h1-17,25-26,36H,18-21H2,(H,33,37)/t25-,26-/m1/s1. The molecule has 0 unspecified atom stereocenters. The van der Waals surface area contributed by atoms with Crippen molar-refractivity contribution in [1.29, 1.82) is 0 Å². The number of fused-ring (bicyclic) bond motifs is 3. The maximum Gasteiger partial charge on any atom is 0.258 e. The number of para-hydroxylation sites is 2. The second-order valence-electron chi connectivity index (χ2n) is 9.87. The van der Waals surface area contributed by atoms with E-state index in [2.05, 4.69) is 10.2 Å². The number of amides is 2. The summed E-state index contributed by atoms with van der Waals surface area (Å²) in [6.45, 7) is 1.17. The fraction of sp³-hybridized carbons (Fsp3) is 0.188. The molecule has 1 saturated heterocycles. The largest absolute Gasteiger partial charge is 0.391 e. The van der Waals surface area contributed by atoms with Crippen LogP contribution in [0.5, 0.6) is 0 Å². The summed E-state index contributed by atoms with van der Waals surface area (Å²) in [5.41, 5.74) is 5.47. The number of rotatable bonds is 4. The number of carbonyl (C=O) groups is 2. The van der Waals surface area contributed by atoms with Gasteiger partial charge in [-0.25, -0.2) is 0 Å². The molecule has 2 heterocycles. The fourth-order valence-electron chi connectivity index (χ4n) is 5.61. The highest BCUT2D eigenvalue weighted by Crippen LogP contribution is 2.39. The Bertz CT molecular complexity index is 1470. The molecule has 38 heavy (non-hydrogen) atoms. The van der Waals surface area contributed by atoms with Crippen LogP contribution in [-0.2, 0) is 0 Å². The summed E-state index contributed by atoms with van der Waals surface area (Å²) >= 11 is 0. The van der Waals surface area contributed by atoms with E-state index in [0.717, 1.165) is 35.3 Å². The molecule has 4 aromatic carbocycles. The average molecular weight is 504 g/mol. The van der Waals surface area contributed by atoms with Gasteiger partial charge < -0.3 is 20.2 Å². The summed E-state index contributed by atoms with van der Waals surface area (Å²) in [6, 6.07) is 32.6. The van der Waals surface area contributed by atoms with Gasteiger partial charge in [-0.2, -0.15) is 0 Å². The quantitative estimate of drug-likeness (QED) is 0.381. The average Bonchev–Trinajstić information content (AvgIpc) is 3.27. The van der Waals surface area contributed by atoms with Gasteiger partial charge in [0.15, 0.2) is 0 Å². The molecule has 2 aliphatic rings. The number of hydrogen-bond donors (Lipinski definition) is 2. The summed E-state index contributed by atoms with van der Waals surface area (Å²) in [4.78, 5) is 30.9. The maximum atomic E-state index is 13.6. The molecule has 2 atom stereocenters. The van der Waals surface area contributed by atoms with Crippen LogP contribution in [0.15, 0.2) is 103 Å². The number of aliphatic hydroxyl groups excluding tert-OH is 1. The summed E-state index contributed by atoms with van der Waals surface area (Å²) in [6.07, 6.45) is 1.18. The van der Waals surface area contributed by atoms with Gasteiger partial charge in [-0.15, -0.1) is 0 Å². The van der Waals surface area contributed by atoms with Gasteiger partial charge in [-0.05, 0) is 66.4 Å². The molecule has 0 saturated carbocycles. The molecule has 1 fully saturated rings.